The predicted octanol–water partition coefficient (Wildman–Crippen LogP) is 3.61. The number of nitrogens with one attached hydrogen (secondary N) is 2. The summed E-state index contributed by atoms with van der Waals surface area (Å²) in [6.45, 7) is 1.30. The van der Waals surface area contributed by atoms with Crippen LogP contribution in [0.2, 0.25) is 0 Å². The van der Waals surface area contributed by atoms with Gasteiger partial charge in [-0.05, 0) is 30.2 Å². The molecule has 1 fully saturated rings. The van der Waals surface area contributed by atoms with E-state index in [1.54, 1.807) is 29.2 Å². The molecule has 4 rings (SSSR count). The first kappa shape index (κ1) is 22.0. The van der Waals surface area contributed by atoms with E-state index in [0.29, 0.717) is 43.8 Å². The summed E-state index contributed by atoms with van der Waals surface area (Å²) in [7, 11) is 0. The Bertz CT molecular complexity index is 1000. The van der Waals surface area contributed by atoms with Gasteiger partial charge in [-0.1, -0.05) is 30.3 Å². The minimum absolute atomic E-state index is 0.0884. The van der Waals surface area contributed by atoms with E-state index in [-0.39, 0.29) is 30.5 Å². The Morgan fingerprint density at radius 1 is 1.09 bits per heavy atom. The van der Waals surface area contributed by atoms with E-state index in [2.05, 4.69) is 10.6 Å². The number of amides is 3. The van der Waals surface area contributed by atoms with Crippen molar-refractivity contribution in [2.45, 2.75) is 31.0 Å². The molecular formula is C23H24F3N3O3. The minimum atomic E-state index is -4.42. The number of piperidine rings is 1. The van der Waals surface area contributed by atoms with E-state index in [1.165, 1.54) is 12.1 Å². The fourth-order valence-electron chi connectivity index (χ4n) is 4.18. The highest BCUT2D eigenvalue weighted by molar-refractivity contribution is 5.97. The first-order chi connectivity index (χ1) is 15.3. The van der Waals surface area contributed by atoms with Gasteiger partial charge >= 0.3 is 12.2 Å². The van der Waals surface area contributed by atoms with Crippen molar-refractivity contribution in [1.29, 1.82) is 0 Å². The molecule has 1 spiro atoms. The number of benzene rings is 2. The van der Waals surface area contributed by atoms with Crippen LogP contribution in [0, 0.1) is 0 Å². The molecule has 1 saturated heterocycles. The number of nitrogens with zero attached hydrogens (tertiary/aromatic N) is 1. The SMILES string of the molecule is O=C1NCC2(CCN(C(=O)NCCc3ccccc3C(F)(F)F)CC2)Oc2ccccc21. The van der Waals surface area contributed by atoms with Crippen LogP contribution in [0.15, 0.2) is 48.5 Å². The van der Waals surface area contributed by atoms with Gasteiger partial charge in [0.1, 0.15) is 11.4 Å². The second-order valence-corrected chi connectivity index (χ2v) is 8.09. The Hall–Kier alpha value is -3.23. The fourth-order valence-corrected chi connectivity index (χ4v) is 4.18. The Morgan fingerprint density at radius 3 is 2.53 bits per heavy atom. The predicted molar refractivity (Wildman–Crippen MR) is 111 cm³/mol. The number of ether oxygens (including phenoxy) is 1. The maximum atomic E-state index is 13.1. The minimum Gasteiger partial charge on any atom is -0.484 e. The van der Waals surface area contributed by atoms with Gasteiger partial charge in [0.15, 0.2) is 0 Å². The summed E-state index contributed by atoms with van der Waals surface area (Å²) >= 11 is 0. The van der Waals surface area contributed by atoms with Gasteiger partial charge < -0.3 is 20.3 Å². The highest BCUT2D eigenvalue weighted by Crippen LogP contribution is 2.33. The lowest BCUT2D eigenvalue weighted by Gasteiger charge is -2.41. The lowest BCUT2D eigenvalue weighted by atomic mass is 9.91. The number of alkyl halides is 3. The Morgan fingerprint density at radius 2 is 1.78 bits per heavy atom. The van der Waals surface area contributed by atoms with Crippen molar-refractivity contribution in [3.05, 3.63) is 65.2 Å². The van der Waals surface area contributed by atoms with Crippen LogP contribution in [-0.2, 0) is 12.6 Å². The molecule has 0 atom stereocenters. The van der Waals surface area contributed by atoms with Crippen molar-refractivity contribution < 1.29 is 27.5 Å². The van der Waals surface area contributed by atoms with Crippen molar-refractivity contribution >= 4 is 11.9 Å². The number of carbonyl (C=O) groups is 2. The summed E-state index contributed by atoms with van der Waals surface area (Å²) in [6.07, 6.45) is -3.27. The van der Waals surface area contributed by atoms with Crippen LogP contribution in [0.4, 0.5) is 18.0 Å². The van der Waals surface area contributed by atoms with Gasteiger partial charge in [-0.3, -0.25) is 4.79 Å². The van der Waals surface area contributed by atoms with Crippen molar-refractivity contribution in [3.8, 4) is 5.75 Å². The molecule has 9 heteroatoms. The smallest absolute Gasteiger partial charge is 0.416 e. The molecule has 2 aliphatic heterocycles. The first-order valence-corrected chi connectivity index (χ1v) is 10.5. The number of hydrogen-bond donors (Lipinski definition) is 2. The number of urea groups is 1. The average Bonchev–Trinajstić information content (AvgIpc) is 2.91. The van der Waals surface area contributed by atoms with Gasteiger partial charge in [-0.2, -0.15) is 13.2 Å². The quantitative estimate of drug-likeness (QED) is 0.755. The van der Waals surface area contributed by atoms with E-state index < -0.39 is 17.3 Å². The van der Waals surface area contributed by atoms with E-state index in [0.717, 1.165) is 6.07 Å². The zero-order chi connectivity index (χ0) is 22.8. The molecule has 2 aromatic rings. The maximum absolute atomic E-state index is 13.1. The molecule has 2 heterocycles. The molecule has 0 radical (unpaired) electrons. The lowest BCUT2D eigenvalue weighted by molar-refractivity contribution is -0.138. The number of rotatable bonds is 3. The zero-order valence-electron chi connectivity index (χ0n) is 17.4. The van der Waals surface area contributed by atoms with Gasteiger partial charge in [-0.15, -0.1) is 0 Å². The second-order valence-electron chi connectivity index (χ2n) is 8.09. The average molecular weight is 447 g/mol. The summed E-state index contributed by atoms with van der Waals surface area (Å²) in [5, 5.41) is 5.62. The van der Waals surface area contributed by atoms with E-state index in [1.807, 2.05) is 6.07 Å². The van der Waals surface area contributed by atoms with E-state index in [4.69, 9.17) is 4.74 Å². The molecule has 2 N–H and O–H groups in total. The monoisotopic (exact) mass is 447 g/mol. The molecule has 6 nitrogen and oxygen atoms in total. The standard InChI is InChI=1S/C23H24F3N3O3/c24-23(25,26)18-7-3-1-5-16(18)9-12-27-21(31)29-13-10-22(11-14-29)15-28-20(30)17-6-2-4-8-19(17)32-22/h1-8H,9-15H2,(H,27,31)(H,28,30). The van der Waals surface area contributed by atoms with Crippen LogP contribution >= 0.6 is 0 Å². The van der Waals surface area contributed by atoms with E-state index in [9.17, 15) is 22.8 Å². The van der Waals surface area contributed by atoms with Gasteiger partial charge in [0, 0.05) is 32.5 Å². The van der Waals surface area contributed by atoms with Crippen LogP contribution in [-0.4, -0.2) is 48.6 Å². The summed E-state index contributed by atoms with van der Waals surface area (Å²) < 4.78 is 45.6. The number of likely N-dealkylation sites (tertiary alicyclic amines) is 1. The van der Waals surface area contributed by atoms with Crippen LogP contribution in [0.25, 0.3) is 0 Å². The molecule has 0 unspecified atom stereocenters. The Balaban J connectivity index is 1.32. The molecule has 32 heavy (non-hydrogen) atoms. The molecule has 0 saturated carbocycles. The Labute approximate surface area is 183 Å². The third-order valence-electron chi connectivity index (χ3n) is 5.98. The van der Waals surface area contributed by atoms with Crippen molar-refractivity contribution in [1.82, 2.24) is 15.5 Å². The number of fused-ring (bicyclic) bond motifs is 1. The molecule has 0 aromatic heterocycles. The number of carbonyl (C=O) groups excluding carboxylic acids is 2. The highest BCUT2D eigenvalue weighted by Gasteiger charge is 2.41. The molecule has 170 valence electrons. The molecule has 0 aliphatic carbocycles. The summed E-state index contributed by atoms with van der Waals surface area (Å²) in [5.74, 6) is 0.348. The summed E-state index contributed by atoms with van der Waals surface area (Å²) in [6, 6.07) is 12.1. The number of halogens is 3. The first-order valence-electron chi connectivity index (χ1n) is 10.5. The van der Waals surface area contributed by atoms with Crippen molar-refractivity contribution in [2.24, 2.45) is 0 Å². The van der Waals surface area contributed by atoms with Crippen molar-refractivity contribution in [2.75, 3.05) is 26.2 Å². The summed E-state index contributed by atoms with van der Waals surface area (Å²) in [4.78, 5) is 26.5. The van der Waals surface area contributed by atoms with Crippen molar-refractivity contribution in [3.63, 3.8) is 0 Å². The number of para-hydroxylation sites is 1. The Kier molecular flexibility index (Phi) is 5.99. The lowest BCUT2D eigenvalue weighted by Crippen LogP contribution is -2.55. The third kappa shape index (κ3) is 4.66. The molecule has 2 aliphatic rings. The van der Waals surface area contributed by atoms with Crippen LogP contribution in [0.1, 0.15) is 34.3 Å². The molecule has 0 bridgehead atoms. The molecule has 2 aromatic carbocycles. The maximum Gasteiger partial charge on any atom is 0.416 e. The zero-order valence-corrected chi connectivity index (χ0v) is 17.4. The highest BCUT2D eigenvalue weighted by atomic mass is 19.4. The van der Waals surface area contributed by atoms with E-state index >= 15 is 0 Å². The van der Waals surface area contributed by atoms with Crippen LogP contribution < -0.4 is 15.4 Å². The van der Waals surface area contributed by atoms with Crippen LogP contribution in [0.3, 0.4) is 0 Å². The molecule has 3 amide bonds. The van der Waals surface area contributed by atoms with Gasteiger partial charge in [-0.25, -0.2) is 4.79 Å². The van der Waals surface area contributed by atoms with Crippen LogP contribution in [0.5, 0.6) is 5.75 Å². The third-order valence-corrected chi connectivity index (χ3v) is 5.98. The largest absolute Gasteiger partial charge is 0.484 e. The van der Waals surface area contributed by atoms with Gasteiger partial charge in [0.2, 0.25) is 0 Å². The summed E-state index contributed by atoms with van der Waals surface area (Å²) in [5.41, 5.74) is -0.630. The second kappa shape index (κ2) is 8.72. The normalized spacial score (nSPS) is 17.7. The topological polar surface area (TPSA) is 70.7 Å². The fraction of sp³-hybridized carbons (Fsp3) is 0.391. The van der Waals surface area contributed by atoms with Gasteiger partial charge in [0.05, 0.1) is 17.7 Å². The molecular weight excluding hydrogens is 423 g/mol. The number of hydrogen-bond acceptors (Lipinski definition) is 3. The van der Waals surface area contributed by atoms with Gasteiger partial charge in [0.25, 0.3) is 5.91 Å².